The Kier molecular flexibility index (Phi) is 6.73. The van der Waals surface area contributed by atoms with Crippen LogP contribution in [0.2, 0.25) is 0 Å². The van der Waals surface area contributed by atoms with Crippen molar-refractivity contribution in [2.45, 2.75) is 71.0 Å². The molecule has 0 aromatic carbocycles. The first-order valence-electron chi connectivity index (χ1n) is 6.40. The molecule has 0 spiro atoms. The van der Waals surface area contributed by atoms with Crippen LogP contribution in [0.3, 0.4) is 0 Å². The summed E-state index contributed by atoms with van der Waals surface area (Å²) in [7, 11) is 0. The highest BCUT2D eigenvalue weighted by molar-refractivity contribution is 5.00. The van der Waals surface area contributed by atoms with E-state index in [9.17, 15) is 10.2 Å². The highest BCUT2D eigenvalue weighted by Gasteiger charge is 2.13. The van der Waals surface area contributed by atoms with Crippen LogP contribution >= 0.6 is 0 Å². The Balaban J connectivity index is 3.84. The van der Waals surface area contributed by atoms with Crippen molar-refractivity contribution in [2.24, 2.45) is 0 Å². The van der Waals surface area contributed by atoms with E-state index >= 15 is 0 Å². The fourth-order valence-corrected chi connectivity index (χ4v) is 1.61. The lowest BCUT2D eigenvalue weighted by molar-refractivity contribution is 0.0689. The first-order chi connectivity index (χ1) is 7.66. The Morgan fingerprint density at radius 3 is 2.24 bits per heavy atom. The Morgan fingerprint density at radius 2 is 1.76 bits per heavy atom. The molecule has 1 unspecified atom stereocenters. The van der Waals surface area contributed by atoms with Crippen LogP contribution in [0.1, 0.15) is 59.8 Å². The van der Waals surface area contributed by atoms with Crippen LogP contribution in [-0.2, 0) is 0 Å². The quantitative estimate of drug-likeness (QED) is 0.636. The Morgan fingerprint density at radius 1 is 1.18 bits per heavy atom. The van der Waals surface area contributed by atoms with Gasteiger partial charge in [-0.15, -0.1) is 6.58 Å². The van der Waals surface area contributed by atoms with Gasteiger partial charge in [0.25, 0.3) is 0 Å². The van der Waals surface area contributed by atoms with E-state index in [1.807, 2.05) is 13.8 Å². The van der Waals surface area contributed by atoms with E-state index in [1.54, 1.807) is 13.0 Å². The lowest BCUT2D eigenvalue weighted by Gasteiger charge is -2.17. The fourth-order valence-electron chi connectivity index (χ4n) is 1.61. The Hall–Kier alpha value is -0.600. The summed E-state index contributed by atoms with van der Waals surface area (Å²) in [5.41, 5.74) is 0.00512. The minimum atomic E-state index is -0.760. The maximum atomic E-state index is 9.74. The largest absolute Gasteiger partial charge is 0.390 e. The van der Waals surface area contributed by atoms with Gasteiger partial charge in [0.15, 0.2) is 0 Å². The number of rotatable bonds is 8. The summed E-state index contributed by atoms with van der Waals surface area (Å²) in [4.78, 5) is 0. The van der Waals surface area contributed by atoms with Crippen molar-refractivity contribution in [1.82, 2.24) is 0 Å². The number of hydrogen-bond donors (Lipinski definition) is 2. The maximum absolute atomic E-state index is 9.74. The van der Waals surface area contributed by atoms with Gasteiger partial charge in [-0.1, -0.05) is 17.7 Å². The molecule has 0 aliphatic heterocycles. The molecule has 0 aromatic heterocycles. The van der Waals surface area contributed by atoms with Crippen molar-refractivity contribution in [3.8, 4) is 0 Å². The predicted octanol–water partition coefficient (Wildman–Crippen LogP) is 3.59. The van der Waals surface area contributed by atoms with Crippen molar-refractivity contribution in [1.29, 1.82) is 0 Å². The van der Waals surface area contributed by atoms with Crippen molar-refractivity contribution in [3.05, 3.63) is 24.3 Å². The van der Waals surface area contributed by atoms with Crippen LogP contribution in [0.4, 0.5) is 0 Å². The van der Waals surface area contributed by atoms with Gasteiger partial charge in [0.2, 0.25) is 0 Å². The fraction of sp³-hybridized carbons (Fsp3) is 0.733. The van der Waals surface area contributed by atoms with Crippen molar-refractivity contribution >= 4 is 0 Å². The molecule has 0 fully saturated rings. The topological polar surface area (TPSA) is 40.5 Å². The van der Waals surface area contributed by atoms with E-state index in [1.165, 1.54) is 5.57 Å². The zero-order valence-electron chi connectivity index (χ0n) is 11.8. The van der Waals surface area contributed by atoms with Gasteiger partial charge < -0.3 is 10.2 Å². The van der Waals surface area contributed by atoms with E-state index in [-0.39, 0.29) is 0 Å². The third-order valence-corrected chi connectivity index (χ3v) is 2.94. The van der Waals surface area contributed by atoms with Crippen LogP contribution in [0.5, 0.6) is 0 Å². The average molecular weight is 240 g/mol. The van der Waals surface area contributed by atoms with Crippen molar-refractivity contribution in [3.63, 3.8) is 0 Å². The second kappa shape index (κ2) is 6.97. The molecule has 0 aliphatic rings. The van der Waals surface area contributed by atoms with Gasteiger partial charge in [0, 0.05) is 0 Å². The van der Waals surface area contributed by atoms with Gasteiger partial charge in [-0.25, -0.2) is 0 Å². The predicted molar refractivity (Wildman–Crippen MR) is 74.0 cm³/mol. The van der Waals surface area contributed by atoms with Crippen LogP contribution in [0.15, 0.2) is 24.3 Å². The molecule has 0 radical (unpaired) electrons. The molecular weight excluding hydrogens is 212 g/mol. The SMILES string of the molecule is C=CC(C)(O)CC/C=C(\C)CCCC(C)(C)O. The minimum absolute atomic E-state index is 0.563. The molecule has 0 rings (SSSR count). The second-order valence-corrected chi connectivity index (χ2v) is 5.82. The van der Waals surface area contributed by atoms with Crippen LogP contribution < -0.4 is 0 Å². The number of aliphatic hydroxyl groups is 2. The zero-order valence-corrected chi connectivity index (χ0v) is 11.8. The van der Waals surface area contributed by atoms with E-state index in [4.69, 9.17) is 0 Å². The summed E-state index contributed by atoms with van der Waals surface area (Å²) in [5.74, 6) is 0. The van der Waals surface area contributed by atoms with Crippen molar-refractivity contribution in [2.75, 3.05) is 0 Å². The third-order valence-electron chi connectivity index (χ3n) is 2.94. The summed E-state index contributed by atoms with van der Waals surface area (Å²) in [6, 6.07) is 0. The molecule has 0 aliphatic carbocycles. The van der Waals surface area contributed by atoms with Crippen LogP contribution in [0.25, 0.3) is 0 Å². The normalized spacial score (nSPS) is 16.7. The monoisotopic (exact) mass is 240 g/mol. The third kappa shape index (κ3) is 10.3. The molecule has 0 aromatic rings. The van der Waals surface area contributed by atoms with Gasteiger partial charge in [0.05, 0.1) is 11.2 Å². The molecule has 2 nitrogen and oxygen atoms in total. The summed E-state index contributed by atoms with van der Waals surface area (Å²) < 4.78 is 0. The Labute approximate surface area is 106 Å². The molecule has 17 heavy (non-hydrogen) atoms. The van der Waals surface area contributed by atoms with Gasteiger partial charge in [-0.05, 0) is 59.8 Å². The average Bonchev–Trinajstić information content (AvgIpc) is 2.15. The van der Waals surface area contributed by atoms with E-state index in [0.717, 1.165) is 25.7 Å². The summed E-state index contributed by atoms with van der Waals surface area (Å²) in [6.45, 7) is 11.2. The lowest BCUT2D eigenvalue weighted by atomic mass is 9.97. The second-order valence-electron chi connectivity index (χ2n) is 5.82. The molecule has 1 atom stereocenters. The first kappa shape index (κ1) is 16.4. The van der Waals surface area contributed by atoms with Gasteiger partial charge in [-0.2, -0.15) is 0 Å². The number of hydrogen-bond acceptors (Lipinski definition) is 2. The van der Waals surface area contributed by atoms with E-state index < -0.39 is 11.2 Å². The standard InChI is InChI=1S/C15H28O2/c1-6-15(5,17)12-8-10-13(2)9-7-11-14(3,4)16/h6,10,16-17H,1,7-9,11-12H2,2-5H3/b13-10+. The molecule has 0 bridgehead atoms. The Bertz CT molecular complexity index is 257. The summed E-state index contributed by atoms with van der Waals surface area (Å²) >= 11 is 0. The summed E-state index contributed by atoms with van der Waals surface area (Å²) in [6.07, 6.45) is 8.17. The minimum Gasteiger partial charge on any atom is -0.390 e. The number of allylic oxidation sites excluding steroid dienone is 2. The van der Waals surface area contributed by atoms with Gasteiger partial charge >= 0.3 is 0 Å². The molecule has 2 N–H and O–H groups in total. The van der Waals surface area contributed by atoms with Crippen LogP contribution in [0, 0.1) is 0 Å². The highest BCUT2D eigenvalue weighted by Crippen LogP contribution is 2.18. The van der Waals surface area contributed by atoms with Crippen molar-refractivity contribution < 1.29 is 10.2 Å². The smallest absolute Gasteiger partial charge is 0.0800 e. The molecule has 0 heterocycles. The van der Waals surface area contributed by atoms with E-state index in [2.05, 4.69) is 19.6 Å². The maximum Gasteiger partial charge on any atom is 0.0800 e. The highest BCUT2D eigenvalue weighted by atomic mass is 16.3. The molecule has 0 saturated heterocycles. The molecule has 0 amide bonds. The van der Waals surface area contributed by atoms with Gasteiger partial charge in [0.1, 0.15) is 0 Å². The van der Waals surface area contributed by atoms with Crippen LogP contribution in [-0.4, -0.2) is 21.4 Å². The summed E-state index contributed by atoms with van der Waals surface area (Å²) in [5, 5.41) is 19.3. The first-order valence-corrected chi connectivity index (χ1v) is 6.40. The van der Waals surface area contributed by atoms with E-state index in [0.29, 0.717) is 6.42 Å². The van der Waals surface area contributed by atoms with Gasteiger partial charge in [-0.3, -0.25) is 0 Å². The molecule has 0 saturated carbocycles. The molecule has 100 valence electrons. The molecular formula is C15H28O2. The molecule has 2 heteroatoms. The zero-order chi connectivity index (χ0) is 13.5. The lowest BCUT2D eigenvalue weighted by Crippen LogP contribution is -2.19.